The average molecular weight is 488 g/mol. The van der Waals surface area contributed by atoms with Crippen LogP contribution in [0.25, 0.3) is 10.9 Å². The van der Waals surface area contributed by atoms with Crippen molar-refractivity contribution >= 4 is 58.6 Å². The summed E-state index contributed by atoms with van der Waals surface area (Å²) in [7, 11) is -4.19. The maximum absolute atomic E-state index is 12.5. The van der Waals surface area contributed by atoms with Gasteiger partial charge in [-0.15, -0.1) is 0 Å². The number of halogens is 2. The first kappa shape index (κ1) is 17.8. The maximum Gasteiger partial charge on any atom is 0.339 e. The Morgan fingerprint density at radius 3 is 2.40 bits per heavy atom. The number of nitro groups is 1. The van der Waals surface area contributed by atoms with Crippen molar-refractivity contribution in [3.8, 4) is 5.75 Å². The third-order valence-corrected chi connectivity index (χ3v) is 5.76. The standard InChI is InChI=1S/C15H8Br2N2O5S/c16-12-8-13(17)15(14-11(12)2-1-7-18-14)24-25(22,23)10-5-3-9(4-6-10)19(20)21/h1-8H. The Morgan fingerprint density at radius 1 is 1.08 bits per heavy atom. The Kier molecular flexibility index (Phi) is 4.76. The van der Waals surface area contributed by atoms with E-state index in [0.717, 1.165) is 28.7 Å². The third-order valence-electron chi connectivity index (χ3n) is 3.28. The van der Waals surface area contributed by atoms with Gasteiger partial charge in [0, 0.05) is 28.2 Å². The minimum Gasteiger partial charge on any atom is -0.375 e. The molecule has 0 fully saturated rings. The van der Waals surface area contributed by atoms with Gasteiger partial charge in [0.15, 0.2) is 5.75 Å². The number of nitrogens with zero attached hydrogens (tertiary/aromatic N) is 2. The number of fused-ring (bicyclic) bond motifs is 1. The SMILES string of the molecule is O=[N+]([O-])c1ccc(S(=O)(=O)Oc2c(Br)cc(Br)c3cccnc23)cc1. The van der Waals surface area contributed by atoms with Crippen LogP contribution in [0.4, 0.5) is 5.69 Å². The minimum atomic E-state index is -4.19. The number of pyridine rings is 1. The number of aromatic nitrogens is 1. The summed E-state index contributed by atoms with van der Waals surface area (Å²) in [4.78, 5) is 14.1. The molecule has 0 bridgehead atoms. The van der Waals surface area contributed by atoms with Crippen LogP contribution < -0.4 is 4.18 Å². The molecule has 0 amide bonds. The second-order valence-electron chi connectivity index (χ2n) is 4.86. The summed E-state index contributed by atoms with van der Waals surface area (Å²) in [6.07, 6.45) is 1.52. The van der Waals surface area contributed by atoms with Crippen LogP contribution in [0.1, 0.15) is 0 Å². The summed E-state index contributed by atoms with van der Waals surface area (Å²) < 4.78 is 31.4. The fourth-order valence-electron chi connectivity index (χ4n) is 2.12. The van der Waals surface area contributed by atoms with Crippen LogP contribution in [0, 0.1) is 10.1 Å². The molecule has 3 aromatic rings. The van der Waals surface area contributed by atoms with E-state index in [9.17, 15) is 18.5 Å². The Balaban J connectivity index is 2.07. The number of nitro benzene ring substituents is 1. The quantitative estimate of drug-likeness (QED) is 0.306. The molecular formula is C15H8Br2N2O5S. The molecule has 128 valence electrons. The van der Waals surface area contributed by atoms with Crippen LogP contribution in [0.3, 0.4) is 0 Å². The molecule has 10 heteroatoms. The van der Waals surface area contributed by atoms with Crippen molar-refractivity contribution in [3.63, 3.8) is 0 Å². The number of hydrogen-bond acceptors (Lipinski definition) is 6. The highest BCUT2D eigenvalue weighted by Gasteiger charge is 2.22. The minimum absolute atomic E-state index is 0.0390. The van der Waals surface area contributed by atoms with Gasteiger partial charge in [0.25, 0.3) is 5.69 Å². The van der Waals surface area contributed by atoms with Gasteiger partial charge in [-0.1, -0.05) is 22.0 Å². The van der Waals surface area contributed by atoms with E-state index in [-0.39, 0.29) is 16.3 Å². The van der Waals surface area contributed by atoms with Crippen LogP contribution in [-0.2, 0) is 10.1 Å². The van der Waals surface area contributed by atoms with Crippen molar-refractivity contribution in [1.29, 1.82) is 0 Å². The molecule has 1 aromatic heterocycles. The molecular weight excluding hydrogens is 480 g/mol. The topological polar surface area (TPSA) is 99.4 Å². The van der Waals surface area contributed by atoms with E-state index >= 15 is 0 Å². The zero-order valence-corrected chi connectivity index (χ0v) is 16.2. The molecule has 0 aliphatic carbocycles. The smallest absolute Gasteiger partial charge is 0.339 e. The molecule has 0 saturated carbocycles. The van der Waals surface area contributed by atoms with E-state index in [2.05, 4.69) is 36.8 Å². The van der Waals surface area contributed by atoms with E-state index < -0.39 is 15.0 Å². The molecule has 0 aliphatic rings. The lowest BCUT2D eigenvalue weighted by Gasteiger charge is -2.12. The van der Waals surface area contributed by atoms with Crippen molar-refractivity contribution in [2.24, 2.45) is 0 Å². The predicted octanol–water partition coefficient (Wildman–Crippen LogP) is 4.44. The highest BCUT2D eigenvalue weighted by molar-refractivity contribution is 9.11. The lowest BCUT2D eigenvalue weighted by molar-refractivity contribution is -0.384. The van der Waals surface area contributed by atoms with Crippen LogP contribution >= 0.6 is 31.9 Å². The van der Waals surface area contributed by atoms with Crippen LogP contribution in [0.2, 0.25) is 0 Å². The van der Waals surface area contributed by atoms with Gasteiger partial charge < -0.3 is 4.18 Å². The van der Waals surface area contributed by atoms with E-state index in [1.165, 1.54) is 6.20 Å². The van der Waals surface area contributed by atoms with E-state index in [4.69, 9.17) is 4.18 Å². The lowest BCUT2D eigenvalue weighted by Crippen LogP contribution is -2.10. The van der Waals surface area contributed by atoms with Crippen molar-refractivity contribution in [1.82, 2.24) is 4.98 Å². The Labute approximate surface area is 159 Å². The van der Waals surface area contributed by atoms with E-state index in [1.807, 2.05) is 0 Å². The largest absolute Gasteiger partial charge is 0.375 e. The fourth-order valence-corrected chi connectivity index (χ4v) is 4.53. The van der Waals surface area contributed by atoms with Gasteiger partial charge in [-0.3, -0.25) is 15.1 Å². The number of hydrogen-bond donors (Lipinski definition) is 0. The molecule has 3 rings (SSSR count). The number of benzene rings is 2. The van der Waals surface area contributed by atoms with Crippen molar-refractivity contribution < 1.29 is 17.5 Å². The monoisotopic (exact) mass is 486 g/mol. The van der Waals surface area contributed by atoms with E-state index in [1.54, 1.807) is 18.2 Å². The first-order chi connectivity index (χ1) is 11.8. The number of rotatable bonds is 4. The van der Waals surface area contributed by atoms with Gasteiger partial charge >= 0.3 is 10.1 Å². The Morgan fingerprint density at radius 2 is 1.76 bits per heavy atom. The first-order valence-corrected chi connectivity index (χ1v) is 9.71. The molecule has 0 spiro atoms. The van der Waals surface area contributed by atoms with Crippen LogP contribution in [0.5, 0.6) is 5.75 Å². The summed E-state index contributed by atoms with van der Waals surface area (Å²) in [6.45, 7) is 0. The van der Waals surface area contributed by atoms with Gasteiger partial charge in [0.1, 0.15) is 10.4 Å². The van der Waals surface area contributed by atoms with Crippen molar-refractivity contribution in [2.75, 3.05) is 0 Å². The van der Waals surface area contributed by atoms with Crippen LogP contribution in [-0.4, -0.2) is 18.3 Å². The van der Waals surface area contributed by atoms with Crippen molar-refractivity contribution in [2.45, 2.75) is 4.90 Å². The average Bonchev–Trinajstić information content (AvgIpc) is 2.59. The summed E-state index contributed by atoms with van der Waals surface area (Å²) in [5.41, 5.74) is 0.144. The second-order valence-corrected chi connectivity index (χ2v) is 8.11. The Bertz CT molecular complexity index is 1090. The first-order valence-electron chi connectivity index (χ1n) is 6.71. The molecule has 2 aromatic carbocycles. The summed E-state index contributed by atoms with van der Waals surface area (Å²) >= 11 is 6.66. The maximum atomic E-state index is 12.5. The second kappa shape index (κ2) is 6.70. The highest BCUT2D eigenvalue weighted by atomic mass is 79.9. The molecule has 0 saturated heterocycles. The fraction of sp³-hybridized carbons (Fsp3) is 0. The molecule has 0 atom stereocenters. The van der Waals surface area contributed by atoms with E-state index in [0.29, 0.717) is 15.4 Å². The molecule has 0 unspecified atom stereocenters. The molecule has 0 N–H and O–H groups in total. The van der Waals surface area contributed by atoms with Crippen molar-refractivity contribution in [3.05, 3.63) is 67.7 Å². The molecule has 25 heavy (non-hydrogen) atoms. The molecule has 0 aliphatic heterocycles. The Hall–Kier alpha value is -2.04. The van der Waals surface area contributed by atoms with Gasteiger partial charge in [0.2, 0.25) is 0 Å². The zero-order valence-electron chi connectivity index (χ0n) is 12.2. The van der Waals surface area contributed by atoms with Gasteiger partial charge in [0.05, 0.1) is 9.40 Å². The normalized spacial score (nSPS) is 11.4. The number of non-ortho nitro benzene ring substituents is 1. The van der Waals surface area contributed by atoms with Gasteiger partial charge in [-0.25, -0.2) is 0 Å². The highest BCUT2D eigenvalue weighted by Crippen LogP contribution is 2.38. The lowest BCUT2D eigenvalue weighted by atomic mass is 10.2. The van der Waals surface area contributed by atoms with Crippen LogP contribution in [0.15, 0.2) is 62.5 Å². The third kappa shape index (κ3) is 3.51. The predicted molar refractivity (Wildman–Crippen MR) is 98.1 cm³/mol. The summed E-state index contributed by atoms with van der Waals surface area (Å²) in [5.74, 6) is 0.0390. The van der Waals surface area contributed by atoms with Gasteiger partial charge in [-0.05, 0) is 40.2 Å². The molecule has 1 heterocycles. The summed E-state index contributed by atoms with van der Waals surface area (Å²) in [5, 5.41) is 11.4. The molecule has 7 nitrogen and oxygen atoms in total. The van der Waals surface area contributed by atoms with Gasteiger partial charge in [-0.2, -0.15) is 8.42 Å². The summed E-state index contributed by atoms with van der Waals surface area (Å²) in [6, 6.07) is 9.59. The molecule has 0 radical (unpaired) electrons. The zero-order chi connectivity index (χ0) is 18.2.